The summed E-state index contributed by atoms with van der Waals surface area (Å²) in [6.07, 6.45) is 0. The lowest BCUT2D eigenvalue weighted by molar-refractivity contribution is -0.114. The van der Waals surface area contributed by atoms with Crippen LogP contribution in [-0.4, -0.2) is 16.8 Å². The van der Waals surface area contributed by atoms with Crippen molar-refractivity contribution in [3.8, 4) is 0 Å². The van der Waals surface area contributed by atoms with Gasteiger partial charge in [-0.15, -0.1) is 0 Å². The zero-order valence-electron chi connectivity index (χ0n) is 12.5. The predicted octanol–water partition coefficient (Wildman–Crippen LogP) is 2.64. The number of nitrogens with zero attached hydrogens (tertiary/aromatic N) is 2. The number of hydrogen-bond donors (Lipinski definition) is 0. The number of anilines is 1. The van der Waals surface area contributed by atoms with Crippen molar-refractivity contribution >= 4 is 17.4 Å². The predicted molar refractivity (Wildman–Crippen MR) is 77.4 cm³/mol. The summed E-state index contributed by atoms with van der Waals surface area (Å²) in [5, 5.41) is 3.90. The minimum absolute atomic E-state index is 0.308. The van der Waals surface area contributed by atoms with E-state index < -0.39 is 11.7 Å². The molecule has 2 heterocycles. The normalized spacial score (nSPS) is 14.0. The average Bonchev–Trinajstić information content (AvgIpc) is 2.85. The number of benzene rings is 1. The maximum Gasteiger partial charge on any atom is 0.299 e. The van der Waals surface area contributed by atoms with Crippen LogP contribution in [0.2, 0.25) is 0 Å². The summed E-state index contributed by atoms with van der Waals surface area (Å²) in [5.74, 6) is -0.256. The third-order valence-electron chi connectivity index (χ3n) is 3.90. The highest BCUT2D eigenvalue weighted by atomic mass is 16.5. The molecule has 1 aromatic heterocycles. The summed E-state index contributed by atoms with van der Waals surface area (Å²) in [4.78, 5) is 26.0. The van der Waals surface area contributed by atoms with E-state index in [0.717, 1.165) is 22.4 Å². The molecule has 0 aliphatic carbocycles. The van der Waals surface area contributed by atoms with Gasteiger partial charge >= 0.3 is 0 Å². The van der Waals surface area contributed by atoms with Crippen molar-refractivity contribution in [2.45, 2.75) is 34.2 Å². The lowest BCUT2D eigenvalue weighted by Gasteiger charge is -2.18. The van der Waals surface area contributed by atoms with Gasteiger partial charge in [-0.05, 0) is 44.9 Å². The first kappa shape index (κ1) is 13.5. The zero-order valence-corrected chi connectivity index (χ0v) is 12.5. The number of carbonyl (C=O) groups excluding carboxylic acids is 2. The van der Waals surface area contributed by atoms with E-state index in [1.807, 2.05) is 26.8 Å². The van der Waals surface area contributed by atoms with E-state index in [1.54, 1.807) is 13.0 Å². The van der Waals surface area contributed by atoms with Crippen LogP contribution in [0.25, 0.3) is 0 Å². The Hall–Kier alpha value is -2.43. The molecule has 0 bridgehead atoms. The molecule has 3 rings (SSSR count). The highest BCUT2D eigenvalue weighted by molar-refractivity contribution is 6.52. The fourth-order valence-corrected chi connectivity index (χ4v) is 2.87. The van der Waals surface area contributed by atoms with Gasteiger partial charge in [0.2, 0.25) is 0 Å². The number of carbonyl (C=O) groups is 2. The van der Waals surface area contributed by atoms with E-state index in [0.29, 0.717) is 23.6 Å². The number of aryl methyl sites for hydroxylation is 4. The molecule has 1 amide bonds. The first-order valence-corrected chi connectivity index (χ1v) is 6.79. The van der Waals surface area contributed by atoms with E-state index in [1.165, 1.54) is 4.90 Å². The summed E-state index contributed by atoms with van der Waals surface area (Å²) in [6, 6.07) is 3.75. The fourth-order valence-electron chi connectivity index (χ4n) is 2.87. The second-order valence-corrected chi connectivity index (χ2v) is 5.50. The number of amides is 1. The van der Waals surface area contributed by atoms with Gasteiger partial charge in [0, 0.05) is 5.56 Å². The number of Topliss-reactive ketones (excluding diaryl/α,β-unsaturated/α-hetero) is 1. The van der Waals surface area contributed by atoms with Gasteiger partial charge in [0.1, 0.15) is 5.76 Å². The lowest BCUT2D eigenvalue weighted by Crippen LogP contribution is -2.29. The number of hydrogen-bond acceptors (Lipinski definition) is 4. The van der Waals surface area contributed by atoms with Crippen molar-refractivity contribution in [1.82, 2.24) is 5.16 Å². The Morgan fingerprint density at radius 1 is 1.14 bits per heavy atom. The van der Waals surface area contributed by atoms with Gasteiger partial charge in [0.15, 0.2) is 0 Å². The van der Waals surface area contributed by atoms with E-state index >= 15 is 0 Å². The Balaban J connectivity index is 2.10. The third-order valence-corrected chi connectivity index (χ3v) is 3.90. The molecule has 1 aliphatic rings. The third kappa shape index (κ3) is 1.96. The molecule has 108 valence electrons. The number of rotatable bonds is 2. The molecule has 0 saturated carbocycles. The Kier molecular flexibility index (Phi) is 2.93. The highest BCUT2D eigenvalue weighted by Crippen LogP contribution is 2.35. The quantitative estimate of drug-likeness (QED) is 0.795. The Morgan fingerprint density at radius 3 is 2.48 bits per heavy atom. The SMILES string of the molecule is Cc1cc(C)c2c(c1)C(=O)C(=O)N2Cc1c(C)noc1C. The first-order chi connectivity index (χ1) is 9.90. The first-order valence-electron chi connectivity index (χ1n) is 6.79. The van der Waals surface area contributed by atoms with Crippen molar-refractivity contribution in [3.63, 3.8) is 0 Å². The molecule has 21 heavy (non-hydrogen) atoms. The Bertz CT molecular complexity index is 755. The van der Waals surface area contributed by atoms with Crippen LogP contribution in [-0.2, 0) is 11.3 Å². The molecule has 0 radical (unpaired) electrons. The second-order valence-electron chi connectivity index (χ2n) is 5.50. The van der Waals surface area contributed by atoms with Gasteiger partial charge in [0.25, 0.3) is 11.7 Å². The van der Waals surface area contributed by atoms with Crippen LogP contribution in [0.3, 0.4) is 0 Å². The summed E-state index contributed by atoms with van der Waals surface area (Å²) in [5.41, 5.74) is 4.69. The maximum atomic E-state index is 12.3. The number of fused-ring (bicyclic) bond motifs is 1. The fraction of sp³-hybridized carbons (Fsp3) is 0.312. The van der Waals surface area contributed by atoms with Crippen LogP contribution >= 0.6 is 0 Å². The van der Waals surface area contributed by atoms with Gasteiger partial charge in [0.05, 0.1) is 23.5 Å². The molecule has 1 aromatic carbocycles. The smallest absolute Gasteiger partial charge is 0.299 e. The van der Waals surface area contributed by atoms with E-state index in [4.69, 9.17) is 4.52 Å². The largest absolute Gasteiger partial charge is 0.361 e. The average molecular weight is 284 g/mol. The van der Waals surface area contributed by atoms with E-state index in [2.05, 4.69) is 5.16 Å². The molecular formula is C16H16N2O3. The standard InChI is InChI=1S/C16H16N2O3/c1-8-5-9(2)14-12(6-8)15(19)16(20)18(14)7-13-10(3)17-21-11(13)4/h5-6H,7H2,1-4H3. The van der Waals surface area contributed by atoms with Crippen LogP contribution < -0.4 is 4.90 Å². The molecule has 5 heteroatoms. The molecule has 0 unspecified atom stereocenters. The van der Waals surface area contributed by atoms with Gasteiger partial charge < -0.3 is 4.52 Å². The molecule has 0 spiro atoms. The lowest BCUT2D eigenvalue weighted by atomic mass is 10.0. The monoisotopic (exact) mass is 284 g/mol. The van der Waals surface area contributed by atoms with Gasteiger partial charge in [-0.1, -0.05) is 11.2 Å². The van der Waals surface area contributed by atoms with E-state index in [-0.39, 0.29) is 0 Å². The topological polar surface area (TPSA) is 63.4 Å². The highest BCUT2D eigenvalue weighted by Gasteiger charge is 2.37. The summed E-state index contributed by atoms with van der Waals surface area (Å²) >= 11 is 0. The second kappa shape index (κ2) is 4.55. The van der Waals surface area contributed by atoms with Crippen molar-refractivity contribution in [3.05, 3.63) is 45.8 Å². The minimum atomic E-state index is -0.487. The van der Waals surface area contributed by atoms with Crippen molar-refractivity contribution < 1.29 is 14.1 Å². The summed E-state index contributed by atoms with van der Waals surface area (Å²) in [6.45, 7) is 7.78. The van der Waals surface area contributed by atoms with Crippen molar-refractivity contribution in [1.29, 1.82) is 0 Å². The van der Waals surface area contributed by atoms with Gasteiger partial charge in [-0.3, -0.25) is 14.5 Å². The molecule has 0 atom stereocenters. The summed E-state index contributed by atoms with van der Waals surface area (Å²) < 4.78 is 5.13. The minimum Gasteiger partial charge on any atom is -0.361 e. The van der Waals surface area contributed by atoms with Gasteiger partial charge in [-0.2, -0.15) is 0 Å². The zero-order chi connectivity index (χ0) is 15.3. The molecular weight excluding hydrogens is 268 g/mol. The van der Waals surface area contributed by atoms with Crippen LogP contribution in [0.15, 0.2) is 16.7 Å². The number of aromatic nitrogens is 1. The van der Waals surface area contributed by atoms with E-state index in [9.17, 15) is 9.59 Å². The molecule has 2 aromatic rings. The van der Waals surface area contributed by atoms with Crippen LogP contribution in [0.4, 0.5) is 5.69 Å². The Morgan fingerprint density at radius 2 is 1.86 bits per heavy atom. The molecule has 0 fully saturated rings. The maximum absolute atomic E-state index is 12.3. The Labute approximate surface area is 122 Å². The number of ketones is 1. The summed E-state index contributed by atoms with van der Waals surface area (Å²) in [7, 11) is 0. The van der Waals surface area contributed by atoms with Crippen LogP contribution in [0.1, 0.15) is 38.5 Å². The molecule has 0 N–H and O–H groups in total. The van der Waals surface area contributed by atoms with Crippen molar-refractivity contribution in [2.24, 2.45) is 0 Å². The van der Waals surface area contributed by atoms with Crippen LogP contribution in [0, 0.1) is 27.7 Å². The van der Waals surface area contributed by atoms with Gasteiger partial charge in [-0.25, -0.2) is 0 Å². The van der Waals surface area contributed by atoms with Crippen LogP contribution in [0.5, 0.6) is 0 Å². The van der Waals surface area contributed by atoms with Crippen molar-refractivity contribution in [2.75, 3.05) is 4.90 Å². The molecule has 0 saturated heterocycles. The molecule has 5 nitrogen and oxygen atoms in total. The molecule has 1 aliphatic heterocycles.